The molecule has 0 amide bonds. The van der Waals surface area contributed by atoms with Crippen molar-refractivity contribution in [3.05, 3.63) is 25.3 Å². The number of hydrogen-bond acceptors (Lipinski definition) is 0. The van der Waals surface area contributed by atoms with E-state index in [1.54, 1.807) is 17.7 Å². The normalized spacial score (nSPS) is 8.10. The van der Waals surface area contributed by atoms with Gasteiger partial charge in [0.05, 0.1) is 6.20 Å². The SMILES string of the molecule is C=Cn1cc[n+](C#CC)c1. The lowest BCUT2D eigenvalue weighted by atomic mass is 10.8. The zero-order chi connectivity index (χ0) is 7.40. The number of nitrogens with zero attached hydrogens (tertiary/aromatic N) is 2. The van der Waals surface area contributed by atoms with Crippen molar-refractivity contribution in [1.29, 1.82) is 0 Å². The van der Waals surface area contributed by atoms with Crippen molar-refractivity contribution in [1.82, 2.24) is 4.57 Å². The number of imidazole rings is 1. The molecule has 1 aromatic heterocycles. The van der Waals surface area contributed by atoms with E-state index in [1.807, 2.05) is 23.3 Å². The predicted molar refractivity (Wildman–Crippen MR) is 39.9 cm³/mol. The van der Waals surface area contributed by atoms with Crippen LogP contribution in [0.25, 0.3) is 6.20 Å². The summed E-state index contributed by atoms with van der Waals surface area (Å²) in [5.74, 6) is 2.79. The fraction of sp³-hybridized carbons (Fsp3) is 0.125. The molecular weight excluding hydrogens is 124 g/mol. The van der Waals surface area contributed by atoms with Crippen LogP contribution < -0.4 is 4.57 Å². The molecule has 0 aliphatic rings. The average Bonchev–Trinajstić information content (AvgIpc) is 2.37. The summed E-state index contributed by atoms with van der Waals surface area (Å²) in [6.07, 6.45) is 7.33. The second-order valence-corrected chi connectivity index (χ2v) is 1.81. The van der Waals surface area contributed by atoms with E-state index in [2.05, 4.69) is 18.5 Å². The van der Waals surface area contributed by atoms with Gasteiger partial charge in [-0.05, 0) is 0 Å². The largest absolute Gasteiger partial charge is 0.261 e. The van der Waals surface area contributed by atoms with Crippen LogP contribution in [-0.2, 0) is 0 Å². The minimum atomic E-state index is 1.72. The number of rotatable bonds is 1. The molecule has 0 bridgehead atoms. The van der Waals surface area contributed by atoms with E-state index in [1.165, 1.54) is 0 Å². The molecule has 0 atom stereocenters. The van der Waals surface area contributed by atoms with Gasteiger partial charge in [-0.2, -0.15) is 4.57 Å². The lowest BCUT2D eigenvalue weighted by Crippen LogP contribution is -2.23. The smallest absolute Gasteiger partial charge is 0.209 e. The third kappa shape index (κ3) is 1.26. The Bertz CT molecular complexity index is 286. The van der Waals surface area contributed by atoms with Crippen molar-refractivity contribution in [3.8, 4) is 12.0 Å². The van der Waals surface area contributed by atoms with Crippen LogP contribution in [0.3, 0.4) is 0 Å². The fourth-order valence-corrected chi connectivity index (χ4v) is 0.673. The summed E-state index contributed by atoms with van der Waals surface area (Å²) in [5, 5.41) is 0. The Labute approximate surface area is 60.4 Å². The van der Waals surface area contributed by atoms with Crippen LogP contribution in [0.4, 0.5) is 0 Å². The molecule has 0 aromatic carbocycles. The van der Waals surface area contributed by atoms with Crippen molar-refractivity contribution in [3.63, 3.8) is 0 Å². The van der Waals surface area contributed by atoms with Gasteiger partial charge in [0.2, 0.25) is 0 Å². The van der Waals surface area contributed by atoms with Gasteiger partial charge >= 0.3 is 0 Å². The fourth-order valence-electron chi connectivity index (χ4n) is 0.673. The Morgan fingerprint density at radius 1 is 1.70 bits per heavy atom. The molecule has 2 heteroatoms. The minimum absolute atomic E-state index is 1.72. The highest BCUT2D eigenvalue weighted by Crippen LogP contribution is 1.80. The second-order valence-electron chi connectivity index (χ2n) is 1.81. The highest BCUT2D eigenvalue weighted by molar-refractivity contribution is 5.13. The van der Waals surface area contributed by atoms with Crippen LogP contribution in [0.15, 0.2) is 25.3 Å². The Morgan fingerprint density at radius 2 is 2.50 bits per heavy atom. The van der Waals surface area contributed by atoms with Crippen LogP contribution in [0, 0.1) is 12.0 Å². The van der Waals surface area contributed by atoms with Gasteiger partial charge in [0.1, 0.15) is 18.4 Å². The standard InChI is InChI=1S/C8H9N2/c1-3-5-10-7-6-9(4-2)8-10/h4,6-8H,2H2,1H3/q+1. The van der Waals surface area contributed by atoms with E-state index in [0.717, 1.165) is 0 Å². The summed E-state index contributed by atoms with van der Waals surface area (Å²) in [4.78, 5) is 0. The molecule has 0 fully saturated rings. The highest BCUT2D eigenvalue weighted by Gasteiger charge is 1.94. The average molecular weight is 133 g/mol. The van der Waals surface area contributed by atoms with Gasteiger partial charge in [-0.3, -0.25) is 0 Å². The first-order valence-corrected chi connectivity index (χ1v) is 3.01. The molecule has 0 saturated heterocycles. The third-order valence-electron chi connectivity index (χ3n) is 1.11. The highest BCUT2D eigenvalue weighted by atomic mass is 15.1. The summed E-state index contributed by atoms with van der Waals surface area (Å²) in [6.45, 7) is 5.41. The maximum absolute atomic E-state index is 3.61. The van der Waals surface area contributed by atoms with Crippen LogP contribution in [0.2, 0.25) is 0 Å². The van der Waals surface area contributed by atoms with Gasteiger partial charge < -0.3 is 0 Å². The summed E-state index contributed by atoms with van der Waals surface area (Å²) in [5.41, 5.74) is 0. The molecule has 50 valence electrons. The lowest BCUT2D eigenvalue weighted by molar-refractivity contribution is -0.582. The van der Waals surface area contributed by atoms with Crippen molar-refractivity contribution < 1.29 is 4.57 Å². The Balaban J connectivity index is 2.95. The zero-order valence-electron chi connectivity index (χ0n) is 5.91. The van der Waals surface area contributed by atoms with Gasteiger partial charge in [0, 0.05) is 6.92 Å². The van der Waals surface area contributed by atoms with E-state index in [0.29, 0.717) is 0 Å². The first kappa shape index (κ1) is 6.63. The molecule has 1 heterocycles. The predicted octanol–water partition coefficient (Wildman–Crippen LogP) is 0.705. The van der Waals surface area contributed by atoms with Gasteiger partial charge in [0.25, 0.3) is 6.33 Å². The van der Waals surface area contributed by atoms with E-state index in [-0.39, 0.29) is 0 Å². The van der Waals surface area contributed by atoms with E-state index >= 15 is 0 Å². The van der Waals surface area contributed by atoms with Crippen LogP contribution in [-0.4, -0.2) is 4.57 Å². The van der Waals surface area contributed by atoms with Crippen molar-refractivity contribution in [2.45, 2.75) is 6.92 Å². The second kappa shape index (κ2) is 2.88. The summed E-state index contributed by atoms with van der Waals surface area (Å²) < 4.78 is 3.62. The Hall–Kier alpha value is -1.49. The molecule has 1 aromatic rings. The van der Waals surface area contributed by atoms with E-state index < -0.39 is 0 Å². The quantitative estimate of drug-likeness (QED) is 0.394. The van der Waals surface area contributed by atoms with Gasteiger partial charge in [-0.1, -0.05) is 12.5 Å². The molecule has 0 aliphatic carbocycles. The Kier molecular flexibility index (Phi) is 1.91. The van der Waals surface area contributed by atoms with Gasteiger partial charge in [-0.25, -0.2) is 4.57 Å². The zero-order valence-corrected chi connectivity index (χ0v) is 5.91. The summed E-state index contributed by atoms with van der Waals surface area (Å²) in [6, 6.07) is 2.86. The van der Waals surface area contributed by atoms with Crippen LogP contribution in [0.1, 0.15) is 6.92 Å². The van der Waals surface area contributed by atoms with Gasteiger partial charge in [0.15, 0.2) is 0 Å². The molecule has 0 aliphatic heterocycles. The molecule has 0 unspecified atom stereocenters. The summed E-state index contributed by atoms with van der Waals surface area (Å²) >= 11 is 0. The van der Waals surface area contributed by atoms with Crippen molar-refractivity contribution in [2.24, 2.45) is 0 Å². The molecule has 2 nitrogen and oxygen atoms in total. The molecule has 0 saturated carbocycles. The minimum Gasteiger partial charge on any atom is -0.209 e. The van der Waals surface area contributed by atoms with E-state index in [4.69, 9.17) is 0 Å². The topological polar surface area (TPSA) is 8.81 Å². The van der Waals surface area contributed by atoms with Crippen molar-refractivity contribution in [2.75, 3.05) is 0 Å². The number of aromatic nitrogens is 2. The maximum Gasteiger partial charge on any atom is 0.261 e. The molecule has 1 rings (SSSR count). The number of hydrogen-bond donors (Lipinski definition) is 0. The van der Waals surface area contributed by atoms with Crippen LogP contribution >= 0.6 is 0 Å². The summed E-state index contributed by atoms with van der Waals surface area (Å²) in [7, 11) is 0. The first-order chi connectivity index (χ1) is 4.86. The molecule has 10 heavy (non-hydrogen) atoms. The first-order valence-electron chi connectivity index (χ1n) is 3.01. The third-order valence-corrected chi connectivity index (χ3v) is 1.11. The van der Waals surface area contributed by atoms with Gasteiger partial charge in [-0.15, -0.1) is 0 Å². The Morgan fingerprint density at radius 3 is 3.00 bits per heavy atom. The monoisotopic (exact) mass is 133 g/mol. The van der Waals surface area contributed by atoms with Crippen LogP contribution in [0.5, 0.6) is 0 Å². The molecule has 0 spiro atoms. The molecule has 0 radical (unpaired) electrons. The van der Waals surface area contributed by atoms with Crippen molar-refractivity contribution >= 4 is 6.20 Å². The molecule has 0 N–H and O–H groups in total. The maximum atomic E-state index is 3.61. The van der Waals surface area contributed by atoms with E-state index in [9.17, 15) is 0 Å². The lowest BCUT2D eigenvalue weighted by Gasteiger charge is -1.74. The molecular formula is C8H9N2+.